The molecule has 0 aliphatic carbocycles. The number of likely N-dealkylation sites (tertiary alicyclic amines) is 1. The zero-order valence-corrected chi connectivity index (χ0v) is 20.7. The summed E-state index contributed by atoms with van der Waals surface area (Å²) in [6.45, 7) is 6.36. The number of carbonyl (C=O) groups is 1. The number of aromatic nitrogens is 1. The number of fused-ring (bicyclic) bond motifs is 1. The van der Waals surface area contributed by atoms with E-state index in [0.717, 1.165) is 36.5 Å². The normalized spacial score (nSPS) is 17.5. The molecule has 0 spiro atoms. The topological polar surface area (TPSA) is 82.6 Å². The van der Waals surface area contributed by atoms with Gasteiger partial charge in [0.2, 0.25) is 15.9 Å². The highest BCUT2D eigenvalue weighted by molar-refractivity contribution is 7.89. The average molecular weight is 487 g/mol. The smallest absolute Gasteiger partial charge is 0.243 e. The van der Waals surface area contributed by atoms with Gasteiger partial charge in [-0.25, -0.2) is 13.4 Å². The maximum absolute atomic E-state index is 12.8. The third-order valence-electron chi connectivity index (χ3n) is 5.99. The lowest BCUT2D eigenvalue weighted by Gasteiger charge is -2.31. The van der Waals surface area contributed by atoms with Gasteiger partial charge in [-0.1, -0.05) is 32.0 Å². The van der Waals surface area contributed by atoms with Gasteiger partial charge < -0.3 is 5.32 Å². The fourth-order valence-electron chi connectivity index (χ4n) is 4.32. The number of rotatable bonds is 8. The van der Waals surface area contributed by atoms with E-state index in [2.05, 4.69) is 16.3 Å². The Morgan fingerprint density at radius 1 is 1.18 bits per heavy atom. The third-order valence-corrected chi connectivity index (χ3v) is 9.24. The Morgan fingerprint density at radius 3 is 2.73 bits per heavy atom. The molecule has 1 atom stereocenters. The van der Waals surface area contributed by atoms with Gasteiger partial charge in [0.05, 0.1) is 26.7 Å². The molecule has 1 aromatic heterocycles. The predicted octanol–water partition coefficient (Wildman–Crippen LogP) is 4.14. The van der Waals surface area contributed by atoms with Crippen LogP contribution in [-0.4, -0.2) is 61.2 Å². The quantitative estimate of drug-likeness (QED) is 0.517. The Morgan fingerprint density at radius 2 is 1.97 bits per heavy atom. The summed E-state index contributed by atoms with van der Waals surface area (Å²) in [5.41, 5.74) is 1.53. The van der Waals surface area contributed by atoms with Crippen LogP contribution in [0.1, 0.15) is 37.6 Å². The molecule has 2 heterocycles. The van der Waals surface area contributed by atoms with Crippen LogP contribution in [0.2, 0.25) is 0 Å². The summed E-state index contributed by atoms with van der Waals surface area (Å²) in [5.74, 6) is 0.184. The van der Waals surface area contributed by atoms with E-state index in [1.54, 1.807) is 29.5 Å². The number of hydrogen-bond donors (Lipinski definition) is 1. The first kappa shape index (κ1) is 23.8. The van der Waals surface area contributed by atoms with Gasteiger partial charge in [-0.05, 0) is 49.7 Å². The number of nitrogens with one attached hydrogen (secondary N) is 1. The van der Waals surface area contributed by atoms with Crippen molar-refractivity contribution in [2.75, 3.05) is 38.0 Å². The largest absolute Gasteiger partial charge is 0.325 e. The van der Waals surface area contributed by atoms with Crippen molar-refractivity contribution < 1.29 is 13.2 Å². The molecular formula is C24H30N4O3S2. The van der Waals surface area contributed by atoms with Crippen LogP contribution in [0.25, 0.3) is 10.2 Å². The van der Waals surface area contributed by atoms with Gasteiger partial charge in [-0.15, -0.1) is 11.3 Å². The molecule has 7 nitrogen and oxygen atoms in total. The molecule has 9 heteroatoms. The third kappa shape index (κ3) is 5.43. The minimum Gasteiger partial charge on any atom is -0.325 e. The first-order valence-electron chi connectivity index (χ1n) is 11.4. The lowest BCUT2D eigenvalue weighted by molar-refractivity contribution is -0.117. The summed E-state index contributed by atoms with van der Waals surface area (Å²) in [4.78, 5) is 19.9. The monoisotopic (exact) mass is 486 g/mol. The lowest BCUT2D eigenvalue weighted by atomic mass is 9.99. The second kappa shape index (κ2) is 10.3. The van der Waals surface area contributed by atoms with Crippen molar-refractivity contribution in [2.45, 2.75) is 37.5 Å². The number of nitrogens with zero attached hydrogens (tertiary/aromatic N) is 3. The summed E-state index contributed by atoms with van der Waals surface area (Å²) in [7, 11) is -3.57. The molecule has 0 radical (unpaired) electrons. The van der Waals surface area contributed by atoms with Crippen LogP contribution < -0.4 is 5.32 Å². The van der Waals surface area contributed by atoms with Crippen molar-refractivity contribution in [3.05, 3.63) is 53.5 Å². The lowest BCUT2D eigenvalue weighted by Crippen LogP contribution is -2.39. The van der Waals surface area contributed by atoms with Gasteiger partial charge in [0.1, 0.15) is 0 Å². The van der Waals surface area contributed by atoms with Crippen LogP contribution in [0.5, 0.6) is 0 Å². The summed E-state index contributed by atoms with van der Waals surface area (Å²) in [6, 6.07) is 14.7. The van der Waals surface area contributed by atoms with E-state index >= 15 is 0 Å². The fourth-order valence-corrected chi connectivity index (χ4v) is 6.91. The van der Waals surface area contributed by atoms with E-state index in [1.165, 1.54) is 15.1 Å². The summed E-state index contributed by atoms with van der Waals surface area (Å²) >= 11 is 1.74. The Kier molecular flexibility index (Phi) is 7.43. The first-order valence-corrected chi connectivity index (χ1v) is 13.6. The van der Waals surface area contributed by atoms with Gasteiger partial charge in [-0.3, -0.25) is 9.69 Å². The predicted molar refractivity (Wildman–Crippen MR) is 133 cm³/mol. The molecule has 2 aromatic carbocycles. The van der Waals surface area contributed by atoms with E-state index in [0.29, 0.717) is 24.7 Å². The molecule has 0 bridgehead atoms. The highest BCUT2D eigenvalue weighted by Gasteiger charge is 2.26. The molecule has 1 saturated heterocycles. The number of piperidine rings is 1. The minimum absolute atomic E-state index is 0.141. The van der Waals surface area contributed by atoms with Crippen LogP contribution in [-0.2, 0) is 14.8 Å². The van der Waals surface area contributed by atoms with Crippen molar-refractivity contribution in [1.82, 2.24) is 14.2 Å². The molecule has 1 aliphatic rings. The number of para-hydroxylation sites is 1. The standard InChI is InChI=1S/C24H30N4O3S2/c1-3-28(4-2)33(30,31)20-11-7-10-19(15-20)25-23(29)17-27-14-8-9-18(16-27)24-26-21-12-5-6-13-22(21)32-24/h5-7,10-13,15,18H,3-4,8-9,14,16-17H2,1-2H3,(H,25,29)/t18-/m0/s1. The zero-order chi connectivity index (χ0) is 23.4. The van der Waals surface area contributed by atoms with E-state index in [4.69, 9.17) is 4.98 Å². The highest BCUT2D eigenvalue weighted by atomic mass is 32.2. The molecule has 1 amide bonds. The molecule has 1 N–H and O–H groups in total. The van der Waals surface area contributed by atoms with Gasteiger partial charge in [0, 0.05) is 31.2 Å². The molecule has 176 valence electrons. The zero-order valence-electron chi connectivity index (χ0n) is 19.0. The Balaban J connectivity index is 1.39. The van der Waals surface area contributed by atoms with Crippen LogP contribution in [0, 0.1) is 0 Å². The molecule has 33 heavy (non-hydrogen) atoms. The van der Waals surface area contributed by atoms with Crippen molar-refractivity contribution in [1.29, 1.82) is 0 Å². The molecule has 0 unspecified atom stereocenters. The van der Waals surface area contributed by atoms with Gasteiger partial charge in [0.25, 0.3) is 0 Å². The minimum atomic E-state index is -3.57. The molecule has 1 fully saturated rings. The van der Waals surface area contributed by atoms with Crippen molar-refractivity contribution >= 4 is 43.2 Å². The van der Waals surface area contributed by atoms with Crippen LogP contribution in [0.15, 0.2) is 53.4 Å². The second-order valence-electron chi connectivity index (χ2n) is 8.26. The average Bonchev–Trinajstić information content (AvgIpc) is 3.24. The first-order chi connectivity index (χ1) is 15.9. The Bertz CT molecular complexity index is 1190. The Hall–Kier alpha value is -2.33. The summed E-state index contributed by atoms with van der Waals surface area (Å²) in [6.07, 6.45) is 2.09. The van der Waals surface area contributed by atoms with Gasteiger partial charge >= 0.3 is 0 Å². The Labute approximate surface area is 199 Å². The number of benzene rings is 2. The molecule has 0 saturated carbocycles. The number of sulfonamides is 1. The van der Waals surface area contributed by atoms with Gasteiger partial charge in [-0.2, -0.15) is 4.31 Å². The SMILES string of the molecule is CCN(CC)S(=O)(=O)c1cccc(NC(=O)CN2CCC[C@H](c3nc4ccccc4s3)C2)c1. The molecule has 3 aromatic rings. The van der Waals surface area contributed by atoms with E-state index in [1.807, 2.05) is 32.0 Å². The molecular weight excluding hydrogens is 456 g/mol. The highest BCUT2D eigenvalue weighted by Crippen LogP contribution is 2.32. The molecule has 1 aliphatic heterocycles. The fraction of sp³-hybridized carbons (Fsp3) is 0.417. The van der Waals surface area contributed by atoms with Gasteiger partial charge in [0.15, 0.2) is 0 Å². The number of carbonyl (C=O) groups excluding carboxylic acids is 1. The maximum atomic E-state index is 12.8. The van der Waals surface area contributed by atoms with E-state index in [-0.39, 0.29) is 17.3 Å². The van der Waals surface area contributed by atoms with Crippen molar-refractivity contribution in [3.8, 4) is 0 Å². The summed E-state index contributed by atoms with van der Waals surface area (Å²) in [5, 5.41) is 4.01. The van der Waals surface area contributed by atoms with E-state index < -0.39 is 10.0 Å². The van der Waals surface area contributed by atoms with Crippen molar-refractivity contribution in [2.24, 2.45) is 0 Å². The number of hydrogen-bond acceptors (Lipinski definition) is 6. The second-order valence-corrected chi connectivity index (χ2v) is 11.3. The van der Waals surface area contributed by atoms with Crippen LogP contribution >= 0.6 is 11.3 Å². The van der Waals surface area contributed by atoms with Crippen LogP contribution in [0.4, 0.5) is 5.69 Å². The van der Waals surface area contributed by atoms with E-state index in [9.17, 15) is 13.2 Å². The maximum Gasteiger partial charge on any atom is 0.243 e. The summed E-state index contributed by atoms with van der Waals surface area (Å²) < 4.78 is 28.2. The number of thiazole rings is 1. The number of anilines is 1. The molecule has 4 rings (SSSR count). The number of amides is 1. The van der Waals surface area contributed by atoms with Crippen molar-refractivity contribution in [3.63, 3.8) is 0 Å². The van der Waals surface area contributed by atoms with Crippen LogP contribution in [0.3, 0.4) is 0 Å².